The Morgan fingerprint density at radius 3 is 2.82 bits per heavy atom. The van der Waals surface area contributed by atoms with Crippen molar-refractivity contribution in [3.63, 3.8) is 0 Å². The Bertz CT molecular complexity index is 578. The second-order valence-electron chi connectivity index (χ2n) is 4.65. The van der Waals surface area contributed by atoms with Gasteiger partial charge in [0, 0.05) is 18.7 Å². The SMILES string of the molecule is COCC(C)(C)n1ccc2ccc(C#N)nc21. The van der Waals surface area contributed by atoms with Crippen LogP contribution in [0.5, 0.6) is 0 Å². The molecule has 4 nitrogen and oxygen atoms in total. The van der Waals surface area contributed by atoms with Crippen molar-refractivity contribution in [2.45, 2.75) is 19.4 Å². The van der Waals surface area contributed by atoms with Crippen LogP contribution >= 0.6 is 0 Å². The van der Waals surface area contributed by atoms with Gasteiger partial charge in [-0.3, -0.25) is 0 Å². The lowest BCUT2D eigenvalue weighted by atomic mass is 10.1. The summed E-state index contributed by atoms with van der Waals surface area (Å²) in [7, 11) is 1.68. The van der Waals surface area contributed by atoms with Crippen LogP contribution in [0.4, 0.5) is 0 Å². The smallest absolute Gasteiger partial charge is 0.142 e. The van der Waals surface area contributed by atoms with Gasteiger partial charge in [-0.15, -0.1) is 0 Å². The fourth-order valence-corrected chi connectivity index (χ4v) is 1.98. The van der Waals surface area contributed by atoms with Crippen molar-refractivity contribution < 1.29 is 4.74 Å². The zero-order chi connectivity index (χ0) is 12.5. The highest BCUT2D eigenvalue weighted by Gasteiger charge is 2.22. The van der Waals surface area contributed by atoms with E-state index in [1.54, 1.807) is 13.2 Å². The minimum Gasteiger partial charge on any atom is -0.382 e. The van der Waals surface area contributed by atoms with E-state index in [2.05, 4.69) is 24.9 Å². The first-order chi connectivity index (χ1) is 8.08. The number of nitrogens with zero attached hydrogens (tertiary/aromatic N) is 3. The van der Waals surface area contributed by atoms with Gasteiger partial charge in [-0.25, -0.2) is 4.98 Å². The molecule has 0 unspecified atom stereocenters. The lowest BCUT2D eigenvalue weighted by molar-refractivity contribution is 0.112. The van der Waals surface area contributed by atoms with Gasteiger partial charge in [0.05, 0.1) is 12.1 Å². The van der Waals surface area contributed by atoms with Crippen LogP contribution in [0.2, 0.25) is 0 Å². The van der Waals surface area contributed by atoms with Crippen LogP contribution in [0.25, 0.3) is 11.0 Å². The molecular formula is C13H15N3O. The van der Waals surface area contributed by atoms with Gasteiger partial charge in [-0.2, -0.15) is 5.26 Å². The Labute approximate surface area is 100 Å². The highest BCUT2D eigenvalue weighted by atomic mass is 16.5. The summed E-state index contributed by atoms with van der Waals surface area (Å²) in [5.41, 5.74) is 1.08. The van der Waals surface area contributed by atoms with Gasteiger partial charge in [0.1, 0.15) is 17.4 Å². The minimum atomic E-state index is -0.183. The topological polar surface area (TPSA) is 50.8 Å². The van der Waals surface area contributed by atoms with E-state index in [1.807, 2.05) is 22.9 Å². The number of hydrogen-bond donors (Lipinski definition) is 0. The second-order valence-corrected chi connectivity index (χ2v) is 4.65. The summed E-state index contributed by atoms with van der Waals surface area (Å²) >= 11 is 0. The van der Waals surface area contributed by atoms with Gasteiger partial charge in [0.25, 0.3) is 0 Å². The average molecular weight is 229 g/mol. The van der Waals surface area contributed by atoms with E-state index in [4.69, 9.17) is 10.00 Å². The molecule has 4 heteroatoms. The van der Waals surface area contributed by atoms with Crippen molar-refractivity contribution in [1.29, 1.82) is 5.26 Å². The number of ether oxygens (including phenoxy) is 1. The summed E-state index contributed by atoms with van der Waals surface area (Å²) in [5, 5.41) is 9.92. The normalized spacial score (nSPS) is 11.6. The van der Waals surface area contributed by atoms with Crippen molar-refractivity contribution in [3.05, 3.63) is 30.1 Å². The van der Waals surface area contributed by atoms with Crippen molar-refractivity contribution in [2.75, 3.05) is 13.7 Å². The first-order valence-electron chi connectivity index (χ1n) is 5.46. The molecule has 0 aliphatic rings. The van der Waals surface area contributed by atoms with Gasteiger partial charge in [0.2, 0.25) is 0 Å². The van der Waals surface area contributed by atoms with Crippen LogP contribution in [-0.2, 0) is 10.3 Å². The Kier molecular flexibility index (Phi) is 2.86. The van der Waals surface area contributed by atoms with Crippen LogP contribution in [0.3, 0.4) is 0 Å². The maximum absolute atomic E-state index is 8.89. The molecule has 0 atom stereocenters. The summed E-state index contributed by atoms with van der Waals surface area (Å²) in [4.78, 5) is 4.35. The highest BCUT2D eigenvalue weighted by Crippen LogP contribution is 2.23. The molecule has 0 aromatic carbocycles. The number of methoxy groups -OCH3 is 1. The molecule has 0 aliphatic carbocycles. The molecule has 17 heavy (non-hydrogen) atoms. The van der Waals surface area contributed by atoms with Gasteiger partial charge < -0.3 is 9.30 Å². The van der Waals surface area contributed by atoms with Gasteiger partial charge in [-0.1, -0.05) is 0 Å². The molecule has 2 heterocycles. The number of pyridine rings is 1. The van der Waals surface area contributed by atoms with Gasteiger partial charge in [0.15, 0.2) is 0 Å². The van der Waals surface area contributed by atoms with Gasteiger partial charge >= 0.3 is 0 Å². The molecule has 0 aliphatic heterocycles. The summed E-state index contributed by atoms with van der Waals surface area (Å²) in [6, 6.07) is 7.71. The molecule has 88 valence electrons. The molecule has 2 rings (SSSR count). The number of aromatic nitrogens is 2. The van der Waals surface area contributed by atoms with Crippen LogP contribution in [-0.4, -0.2) is 23.3 Å². The third-order valence-corrected chi connectivity index (χ3v) is 2.80. The Morgan fingerprint density at radius 2 is 2.18 bits per heavy atom. The van der Waals surface area contributed by atoms with Crippen LogP contribution in [0.1, 0.15) is 19.5 Å². The average Bonchev–Trinajstić information content (AvgIpc) is 2.71. The van der Waals surface area contributed by atoms with Crippen molar-refractivity contribution in [1.82, 2.24) is 9.55 Å². The summed E-state index contributed by atoms with van der Waals surface area (Å²) in [5.74, 6) is 0. The number of hydrogen-bond acceptors (Lipinski definition) is 3. The maximum atomic E-state index is 8.89. The quantitative estimate of drug-likeness (QED) is 0.811. The van der Waals surface area contributed by atoms with E-state index in [9.17, 15) is 0 Å². The molecule has 0 bridgehead atoms. The molecular weight excluding hydrogens is 214 g/mol. The largest absolute Gasteiger partial charge is 0.382 e. The van der Waals surface area contributed by atoms with Crippen molar-refractivity contribution in [3.8, 4) is 6.07 Å². The van der Waals surface area contributed by atoms with Crippen molar-refractivity contribution in [2.24, 2.45) is 0 Å². The molecule has 0 saturated heterocycles. The number of rotatable bonds is 3. The molecule has 0 amide bonds. The molecule has 0 N–H and O–H groups in total. The Morgan fingerprint density at radius 1 is 1.41 bits per heavy atom. The van der Waals surface area contributed by atoms with Crippen LogP contribution in [0.15, 0.2) is 24.4 Å². The zero-order valence-electron chi connectivity index (χ0n) is 10.3. The molecule has 2 aromatic rings. The minimum absolute atomic E-state index is 0.183. The van der Waals surface area contributed by atoms with E-state index in [0.717, 1.165) is 11.0 Å². The van der Waals surface area contributed by atoms with Crippen molar-refractivity contribution >= 4 is 11.0 Å². The van der Waals surface area contributed by atoms with E-state index < -0.39 is 0 Å². The highest BCUT2D eigenvalue weighted by molar-refractivity contribution is 5.77. The maximum Gasteiger partial charge on any atom is 0.142 e. The fourth-order valence-electron chi connectivity index (χ4n) is 1.98. The molecule has 0 fully saturated rings. The van der Waals surface area contributed by atoms with Crippen LogP contribution in [0, 0.1) is 11.3 Å². The summed E-state index contributed by atoms with van der Waals surface area (Å²) < 4.78 is 7.27. The molecule has 0 spiro atoms. The third-order valence-electron chi connectivity index (χ3n) is 2.80. The summed E-state index contributed by atoms with van der Waals surface area (Å²) in [6.07, 6.45) is 1.98. The molecule has 0 radical (unpaired) electrons. The van der Waals surface area contributed by atoms with Gasteiger partial charge in [-0.05, 0) is 32.0 Å². The molecule has 0 saturated carbocycles. The number of nitriles is 1. The Hall–Kier alpha value is -1.86. The first-order valence-corrected chi connectivity index (χ1v) is 5.46. The standard InChI is InChI=1S/C13H15N3O/c1-13(2,9-17-3)16-7-6-10-4-5-11(8-14)15-12(10)16/h4-7H,9H2,1-3H3. The Balaban J connectivity index is 2.59. The van der Waals surface area contributed by atoms with E-state index >= 15 is 0 Å². The second kappa shape index (κ2) is 4.19. The summed E-state index contributed by atoms with van der Waals surface area (Å²) in [6.45, 7) is 4.75. The van der Waals surface area contributed by atoms with E-state index in [0.29, 0.717) is 12.3 Å². The monoisotopic (exact) mass is 229 g/mol. The number of fused-ring (bicyclic) bond motifs is 1. The first kappa shape index (κ1) is 11.6. The lowest BCUT2D eigenvalue weighted by Crippen LogP contribution is -2.31. The predicted octanol–water partition coefficient (Wildman–Crippen LogP) is 2.29. The van der Waals surface area contributed by atoms with Crippen LogP contribution < -0.4 is 0 Å². The lowest BCUT2D eigenvalue weighted by Gasteiger charge is -2.26. The van der Waals surface area contributed by atoms with E-state index in [-0.39, 0.29) is 5.54 Å². The fraction of sp³-hybridized carbons (Fsp3) is 0.385. The van der Waals surface area contributed by atoms with E-state index in [1.165, 1.54) is 0 Å². The zero-order valence-corrected chi connectivity index (χ0v) is 10.3. The molecule has 2 aromatic heterocycles. The predicted molar refractivity (Wildman–Crippen MR) is 65.6 cm³/mol. The third kappa shape index (κ3) is 2.02.